The number of carboxylic acid groups (broad SMARTS) is 1. The van der Waals surface area contributed by atoms with Gasteiger partial charge >= 0.3 is 12.0 Å². The standard InChI is InChI=1S/C12H24N2O5S/c1-18-7-5-14(6-8-19-2)12(17)13-10(11(15)16)4-9-20-3/h10H,4-9H2,1-3H3,(H,13,17)(H,15,16)/t10-/m0/s1. The summed E-state index contributed by atoms with van der Waals surface area (Å²) in [6.07, 6.45) is 2.29. The Morgan fingerprint density at radius 2 is 1.80 bits per heavy atom. The number of hydrogen-bond donors (Lipinski definition) is 2. The fourth-order valence-electron chi connectivity index (χ4n) is 1.45. The molecule has 0 rings (SSSR count). The third-order valence-corrected chi connectivity index (χ3v) is 3.27. The number of hydrogen-bond acceptors (Lipinski definition) is 5. The molecular weight excluding hydrogens is 284 g/mol. The van der Waals surface area contributed by atoms with E-state index in [0.717, 1.165) is 0 Å². The molecule has 0 radical (unpaired) electrons. The molecule has 118 valence electrons. The number of amides is 2. The second-order valence-electron chi connectivity index (χ2n) is 4.09. The Bertz CT molecular complexity index is 283. The zero-order chi connectivity index (χ0) is 15.4. The molecule has 0 saturated carbocycles. The Kier molecular flexibility index (Phi) is 11.2. The lowest BCUT2D eigenvalue weighted by Gasteiger charge is -2.24. The summed E-state index contributed by atoms with van der Waals surface area (Å²) in [5, 5.41) is 11.6. The molecule has 2 N–H and O–H groups in total. The number of carbonyl (C=O) groups excluding carboxylic acids is 1. The van der Waals surface area contributed by atoms with Crippen molar-refractivity contribution in [3.05, 3.63) is 0 Å². The predicted octanol–water partition coefficient (Wildman–Crippen LogP) is 0.497. The maximum absolute atomic E-state index is 12.1. The highest BCUT2D eigenvalue weighted by Crippen LogP contribution is 2.02. The Hall–Kier alpha value is -0.990. The van der Waals surface area contributed by atoms with Crippen LogP contribution in [0.15, 0.2) is 0 Å². The molecule has 0 unspecified atom stereocenters. The second kappa shape index (κ2) is 11.8. The fraction of sp³-hybridized carbons (Fsp3) is 0.833. The third kappa shape index (κ3) is 8.23. The van der Waals surface area contributed by atoms with E-state index in [-0.39, 0.29) is 0 Å². The number of ether oxygens (including phenoxy) is 2. The molecule has 2 amide bonds. The first kappa shape index (κ1) is 19.0. The number of methoxy groups -OCH3 is 2. The Morgan fingerprint density at radius 1 is 1.25 bits per heavy atom. The number of carbonyl (C=O) groups is 2. The van der Waals surface area contributed by atoms with Gasteiger partial charge in [0, 0.05) is 27.3 Å². The highest BCUT2D eigenvalue weighted by atomic mass is 32.2. The van der Waals surface area contributed by atoms with Gasteiger partial charge < -0.3 is 24.8 Å². The largest absolute Gasteiger partial charge is 0.480 e. The van der Waals surface area contributed by atoms with E-state index in [0.29, 0.717) is 38.5 Å². The molecular formula is C12H24N2O5S. The van der Waals surface area contributed by atoms with E-state index in [2.05, 4.69) is 5.32 Å². The van der Waals surface area contributed by atoms with Gasteiger partial charge in [0.05, 0.1) is 13.2 Å². The summed E-state index contributed by atoms with van der Waals surface area (Å²) in [6.45, 7) is 1.56. The van der Waals surface area contributed by atoms with Gasteiger partial charge in [-0.15, -0.1) is 0 Å². The van der Waals surface area contributed by atoms with Crippen LogP contribution < -0.4 is 5.32 Å². The first-order valence-corrected chi connectivity index (χ1v) is 7.71. The van der Waals surface area contributed by atoms with Crippen LogP contribution >= 0.6 is 11.8 Å². The molecule has 8 heteroatoms. The van der Waals surface area contributed by atoms with Crippen molar-refractivity contribution in [2.75, 3.05) is 52.5 Å². The topological polar surface area (TPSA) is 88.1 Å². The Morgan fingerprint density at radius 3 is 2.20 bits per heavy atom. The molecule has 0 aromatic rings. The van der Waals surface area contributed by atoms with Crippen LogP contribution in [-0.2, 0) is 14.3 Å². The van der Waals surface area contributed by atoms with Gasteiger partial charge in [-0.25, -0.2) is 9.59 Å². The average molecular weight is 308 g/mol. The number of urea groups is 1. The van der Waals surface area contributed by atoms with Crippen LogP contribution in [0.5, 0.6) is 0 Å². The lowest BCUT2D eigenvalue weighted by atomic mass is 10.2. The number of nitrogens with zero attached hydrogens (tertiary/aromatic N) is 1. The number of aliphatic carboxylic acids is 1. The van der Waals surface area contributed by atoms with Crippen LogP contribution in [0.2, 0.25) is 0 Å². The van der Waals surface area contributed by atoms with E-state index < -0.39 is 18.0 Å². The molecule has 0 heterocycles. The van der Waals surface area contributed by atoms with Crippen molar-refractivity contribution in [3.63, 3.8) is 0 Å². The van der Waals surface area contributed by atoms with E-state index in [4.69, 9.17) is 14.6 Å². The second-order valence-corrected chi connectivity index (χ2v) is 5.08. The first-order valence-electron chi connectivity index (χ1n) is 6.31. The van der Waals surface area contributed by atoms with E-state index in [1.54, 1.807) is 26.0 Å². The van der Waals surface area contributed by atoms with Crippen molar-refractivity contribution < 1.29 is 24.2 Å². The minimum atomic E-state index is -1.02. The Labute approximate surface area is 124 Å². The molecule has 0 saturated heterocycles. The highest BCUT2D eigenvalue weighted by Gasteiger charge is 2.22. The lowest BCUT2D eigenvalue weighted by molar-refractivity contribution is -0.139. The van der Waals surface area contributed by atoms with Crippen molar-refractivity contribution >= 4 is 23.8 Å². The monoisotopic (exact) mass is 308 g/mol. The normalized spacial score (nSPS) is 11.9. The third-order valence-electron chi connectivity index (χ3n) is 2.62. The van der Waals surface area contributed by atoms with E-state index in [9.17, 15) is 9.59 Å². The Balaban J connectivity index is 4.47. The number of nitrogens with one attached hydrogen (secondary N) is 1. The van der Waals surface area contributed by atoms with Crippen molar-refractivity contribution in [1.29, 1.82) is 0 Å². The maximum Gasteiger partial charge on any atom is 0.326 e. The first-order chi connectivity index (χ1) is 9.56. The molecule has 0 aliphatic rings. The van der Waals surface area contributed by atoms with Crippen molar-refractivity contribution in [2.24, 2.45) is 0 Å². The van der Waals surface area contributed by atoms with Crippen molar-refractivity contribution in [2.45, 2.75) is 12.5 Å². The summed E-state index contributed by atoms with van der Waals surface area (Å²) in [4.78, 5) is 24.7. The van der Waals surface area contributed by atoms with Crippen LogP contribution in [0.4, 0.5) is 4.79 Å². The van der Waals surface area contributed by atoms with Crippen molar-refractivity contribution in [3.8, 4) is 0 Å². The van der Waals surface area contributed by atoms with E-state index >= 15 is 0 Å². The molecule has 0 spiro atoms. The van der Waals surface area contributed by atoms with Gasteiger partial charge in [0.25, 0.3) is 0 Å². The fourth-order valence-corrected chi connectivity index (χ4v) is 1.92. The summed E-state index contributed by atoms with van der Waals surface area (Å²) in [5.41, 5.74) is 0. The molecule has 0 aromatic heterocycles. The van der Waals surface area contributed by atoms with Gasteiger partial charge in [-0.3, -0.25) is 0 Å². The quantitative estimate of drug-likeness (QED) is 0.578. The summed E-state index contributed by atoms with van der Waals surface area (Å²) < 4.78 is 9.88. The smallest absolute Gasteiger partial charge is 0.326 e. The number of carboxylic acids is 1. The van der Waals surface area contributed by atoms with Crippen LogP contribution in [0.3, 0.4) is 0 Å². The molecule has 0 aliphatic heterocycles. The van der Waals surface area contributed by atoms with Gasteiger partial charge in [-0.2, -0.15) is 11.8 Å². The lowest BCUT2D eigenvalue weighted by Crippen LogP contribution is -2.49. The molecule has 0 bridgehead atoms. The van der Waals surface area contributed by atoms with Crippen LogP contribution in [0.1, 0.15) is 6.42 Å². The molecule has 0 aliphatic carbocycles. The average Bonchev–Trinajstić information content (AvgIpc) is 2.43. The zero-order valence-electron chi connectivity index (χ0n) is 12.3. The van der Waals surface area contributed by atoms with Gasteiger partial charge in [-0.05, 0) is 18.4 Å². The predicted molar refractivity (Wildman–Crippen MR) is 78.3 cm³/mol. The maximum atomic E-state index is 12.1. The minimum Gasteiger partial charge on any atom is -0.480 e. The van der Waals surface area contributed by atoms with Gasteiger partial charge in [0.1, 0.15) is 6.04 Å². The van der Waals surface area contributed by atoms with Crippen LogP contribution in [0, 0.1) is 0 Å². The minimum absolute atomic E-state index is 0.389. The van der Waals surface area contributed by atoms with Gasteiger partial charge in [0.15, 0.2) is 0 Å². The summed E-state index contributed by atoms with van der Waals surface area (Å²) >= 11 is 1.54. The molecule has 20 heavy (non-hydrogen) atoms. The highest BCUT2D eigenvalue weighted by molar-refractivity contribution is 7.98. The molecule has 0 aromatic carbocycles. The number of rotatable bonds is 11. The SMILES string of the molecule is COCCN(CCOC)C(=O)N[C@@H](CCSC)C(=O)O. The zero-order valence-corrected chi connectivity index (χ0v) is 13.1. The summed E-state index contributed by atoms with van der Waals surface area (Å²) in [6, 6.07) is -1.28. The molecule has 7 nitrogen and oxygen atoms in total. The molecule has 1 atom stereocenters. The summed E-state index contributed by atoms with van der Waals surface area (Å²) in [7, 11) is 3.09. The van der Waals surface area contributed by atoms with Crippen molar-refractivity contribution in [1.82, 2.24) is 10.2 Å². The molecule has 0 fully saturated rings. The number of thioether (sulfide) groups is 1. The summed E-state index contributed by atoms with van der Waals surface area (Å²) in [5.74, 6) is -0.348. The van der Waals surface area contributed by atoms with Gasteiger partial charge in [-0.1, -0.05) is 0 Å². The van der Waals surface area contributed by atoms with Gasteiger partial charge in [0.2, 0.25) is 0 Å². The van der Waals surface area contributed by atoms with Crippen LogP contribution in [0.25, 0.3) is 0 Å². The van der Waals surface area contributed by atoms with E-state index in [1.807, 2.05) is 6.26 Å². The van der Waals surface area contributed by atoms with E-state index in [1.165, 1.54) is 4.90 Å². The van der Waals surface area contributed by atoms with Crippen LogP contribution in [-0.4, -0.2) is 80.6 Å².